The molecule has 20 heavy (non-hydrogen) atoms. The molecule has 0 aliphatic heterocycles. The lowest BCUT2D eigenvalue weighted by Crippen LogP contribution is -2.29. The largest absolute Gasteiger partial charge is 0.279 e. The van der Waals surface area contributed by atoms with Crippen LogP contribution in [0.3, 0.4) is 0 Å². The number of nitrogens with zero attached hydrogens (tertiary/aromatic N) is 5. The van der Waals surface area contributed by atoms with E-state index in [1.807, 2.05) is 18.0 Å². The van der Waals surface area contributed by atoms with Crippen molar-refractivity contribution in [3.8, 4) is 6.07 Å². The number of hydrogen-bond donors (Lipinski definition) is 0. The van der Waals surface area contributed by atoms with E-state index in [0.717, 1.165) is 6.42 Å². The van der Waals surface area contributed by atoms with E-state index in [1.54, 1.807) is 29.5 Å². The van der Waals surface area contributed by atoms with Crippen LogP contribution in [-0.4, -0.2) is 21.1 Å². The van der Waals surface area contributed by atoms with Crippen LogP contribution in [0.5, 0.6) is 0 Å². The van der Waals surface area contributed by atoms with Crippen molar-refractivity contribution in [1.29, 1.82) is 5.26 Å². The molecule has 0 saturated heterocycles. The van der Waals surface area contributed by atoms with Gasteiger partial charge in [-0.3, -0.25) is 15.1 Å². The Labute approximate surface area is 115 Å². The molecular weight excluding hydrogens is 258 g/mol. The third-order valence-electron chi connectivity index (χ3n) is 2.79. The van der Waals surface area contributed by atoms with Gasteiger partial charge in [0.05, 0.1) is 16.2 Å². The average molecular weight is 271 g/mol. The van der Waals surface area contributed by atoms with Crippen molar-refractivity contribution in [3.05, 3.63) is 52.6 Å². The lowest BCUT2D eigenvalue weighted by atomic mass is 10.1. The number of anilines is 1. The summed E-state index contributed by atoms with van der Waals surface area (Å²) in [7, 11) is 0. The lowest BCUT2D eigenvalue weighted by Gasteiger charge is -2.25. The first-order valence-electron chi connectivity index (χ1n) is 6.11. The minimum absolute atomic E-state index is 0.0904. The summed E-state index contributed by atoms with van der Waals surface area (Å²) in [6, 6.07) is 6.29. The first kappa shape index (κ1) is 13.5. The van der Waals surface area contributed by atoms with Gasteiger partial charge in [0.15, 0.2) is 0 Å². The molecule has 102 valence electrons. The van der Waals surface area contributed by atoms with Gasteiger partial charge in [-0.2, -0.15) is 5.26 Å². The topological polar surface area (TPSA) is 88.0 Å². The van der Waals surface area contributed by atoms with Crippen molar-refractivity contribution in [2.75, 3.05) is 11.6 Å². The summed E-state index contributed by atoms with van der Waals surface area (Å²) in [4.78, 5) is 14.2. The zero-order valence-corrected chi connectivity index (χ0v) is 10.9. The number of benzene rings is 1. The molecule has 1 aromatic heterocycles. The highest BCUT2D eigenvalue weighted by atomic mass is 16.6. The zero-order chi connectivity index (χ0) is 14.5. The molecule has 0 aliphatic carbocycles. The van der Waals surface area contributed by atoms with Gasteiger partial charge < -0.3 is 0 Å². The summed E-state index contributed by atoms with van der Waals surface area (Å²) in [5.74, 6) is 0. The summed E-state index contributed by atoms with van der Waals surface area (Å²) in [5, 5.41) is 21.8. The smallest absolute Gasteiger partial charge is 0.270 e. The summed E-state index contributed by atoms with van der Waals surface area (Å²) in [5.41, 5.74) is 0.798. The molecule has 0 radical (unpaired) electrons. The van der Waals surface area contributed by atoms with E-state index < -0.39 is 4.92 Å². The SMILES string of the molecule is CCCN(c1ccc([N+](=O)[O-])cc1C#N)n1ccnc1. The molecule has 0 N–H and O–H groups in total. The molecule has 7 heteroatoms. The third kappa shape index (κ3) is 2.59. The standard InChI is InChI=1S/C13H13N5O2/c1-2-6-17(16-7-5-15-10-16)13-4-3-12(18(19)20)8-11(13)9-14/h3-5,7-8,10H,2,6H2,1H3. The summed E-state index contributed by atoms with van der Waals surface area (Å²) in [6.07, 6.45) is 5.89. The van der Waals surface area contributed by atoms with Gasteiger partial charge in [-0.15, -0.1) is 0 Å². The van der Waals surface area contributed by atoms with Gasteiger partial charge in [0.2, 0.25) is 0 Å². The predicted octanol–water partition coefficient (Wildman–Crippen LogP) is 2.34. The van der Waals surface area contributed by atoms with Crippen molar-refractivity contribution in [2.45, 2.75) is 13.3 Å². The second kappa shape index (κ2) is 5.84. The molecule has 7 nitrogen and oxygen atoms in total. The second-order valence-electron chi connectivity index (χ2n) is 4.14. The Morgan fingerprint density at radius 3 is 2.90 bits per heavy atom. The van der Waals surface area contributed by atoms with Crippen LogP contribution in [0.1, 0.15) is 18.9 Å². The Balaban J connectivity index is 2.49. The van der Waals surface area contributed by atoms with Gasteiger partial charge in [-0.05, 0) is 12.5 Å². The van der Waals surface area contributed by atoms with Crippen LogP contribution in [0, 0.1) is 21.4 Å². The molecule has 2 rings (SSSR count). The third-order valence-corrected chi connectivity index (χ3v) is 2.79. The van der Waals surface area contributed by atoms with Crippen LogP contribution < -0.4 is 5.01 Å². The Morgan fingerprint density at radius 1 is 1.55 bits per heavy atom. The number of rotatable bonds is 5. The summed E-state index contributed by atoms with van der Waals surface area (Å²) in [6.45, 7) is 2.68. The van der Waals surface area contributed by atoms with Gasteiger partial charge in [0.1, 0.15) is 12.4 Å². The molecule has 0 saturated carbocycles. The normalized spacial score (nSPS) is 10.0. The van der Waals surface area contributed by atoms with Crippen LogP contribution in [-0.2, 0) is 0 Å². The van der Waals surface area contributed by atoms with E-state index in [-0.39, 0.29) is 11.3 Å². The fraction of sp³-hybridized carbons (Fsp3) is 0.231. The molecule has 0 bridgehead atoms. The minimum Gasteiger partial charge on any atom is -0.279 e. The molecule has 0 spiro atoms. The molecule has 1 aromatic carbocycles. The maximum atomic E-state index is 10.8. The molecule has 0 unspecified atom stereocenters. The van der Waals surface area contributed by atoms with E-state index in [2.05, 4.69) is 4.98 Å². The number of nitro benzene ring substituents is 1. The van der Waals surface area contributed by atoms with Crippen molar-refractivity contribution in [3.63, 3.8) is 0 Å². The zero-order valence-electron chi connectivity index (χ0n) is 10.9. The highest BCUT2D eigenvalue weighted by Gasteiger charge is 2.16. The van der Waals surface area contributed by atoms with Gasteiger partial charge in [0.25, 0.3) is 5.69 Å². The van der Waals surface area contributed by atoms with E-state index in [1.165, 1.54) is 12.1 Å². The van der Waals surface area contributed by atoms with Crippen molar-refractivity contribution in [2.24, 2.45) is 0 Å². The number of nitro groups is 1. The molecule has 0 fully saturated rings. The number of aromatic nitrogens is 2. The summed E-state index contributed by atoms with van der Waals surface area (Å²) < 4.78 is 1.76. The minimum atomic E-state index is -0.508. The predicted molar refractivity (Wildman–Crippen MR) is 73.1 cm³/mol. The Kier molecular flexibility index (Phi) is 3.96. The fourth-order valence-corrected chi connectivity index (χ4v) is 1.92. The number of hydrogen-bond acceptors (Lipinski definition) is 5. The quantitative estimate of drug-likeness (QED) is 0.615. The van der Waals surface area contributed by atoms with Crippen LogP contribution in [0.2, 0.25) is 0 Å². The molecule has 2 aromatic rings. The molecule has 1 heterocycles. The van der Waals surface area contributed by atoms with Crippen LogP contribution >= 0.6 is 0 Å². The maximum Gasteiger partial charge on any atom is 0.270 e. The lowest BCUT2D eigenvalue weighted by molar-refractivity contribution is -0.384. The first-order chi connectivity index (χ1) is 9.67. The first-order valence-corrected chi connectivity index (χ1v) is 6.11. The molecule has 0 amide bonds. The molecular formula is C13H13N5O2. The van der Waals surface area contributed by atoms with Gasteiger partial charge in [-0.25, -0.2) is 9.66 Å². The van der Waals surface area contributed by atoms with Crippen LogP contribution in [0.15, 0.2) is 36.9 Å². The second-order valence-corrected chi connectivity index (χ2v) is 4.14. The Hall–Kier alpha value is -2.88. The van der Waals surface area contributed by atoms with Crippen molar-refractivity contribution < 1.29 is 4.92 Å². The molecule has 0 atom stereocenters. The van der Waals surface area contributed by atoms with Crippen molar-refractivity contribution >= 4 is 11.4 Å². The Bertz CT molecular complexity index is 645. The average Bonchev–Trinajstić information content (AvgIpc) is 2.98. The monoisotopic (exact) mass is 271 g/mol. The fourth-order valence-electron chi connectivity index (χ4n) is 1.92. The summed E-state index contributed by atoms with van der Waals surface area (Å²) >= 11 is 0. The molecule has 0 aliphatic rings. The van der Waals surface area contributed by atoms with Gasteiger partial charge >= 0.3 is 0 Å². The van der Waals surface area contributed by atoms with Gasteiger partial charge in [0, 0.05) is 31.1 Å². The van der Waals surface area contributed by atoms with Gasteiger partial charge in [-0.1, -0.05) is 6.92 Å². The maximum absolute atomic E-state index is 10.8. The number of non-ortho nitro benzene ring substituents is 1. The van der Waals surface area contributed by atoms with Crippen LogP contribution in [0.25, 0.3) is 0 Å². The highest BCUT2D eigenvalue weighted by Crippen LogP contribution is 2.25. The van der Waals surface area contributed by atoms with E-state index in [4.69, 9.17) is 0 Å². The number of nitriles is 1. The van der Waals surface area contributed by atoms with Crippen LogP contribution in [0.4, 0.5) is 11.4 Å². The van der Waals surface area contributed by atoms with E-state index in [9.17, 15) is 15.4 Å². The van der Waals surface area contributed by atoms with E-state index >= 15 is 0 Å². The Morgan fingerprint density at radius 2 is 2.35 bits per heavy atom. The highest BCUT2D eigenvalue weighted by molar-refractivity contribution is 5.62. The number of imidazole rings is 1. The van der Waals surface area contributed by atoms with Crippen molar-refractivity contribution in [1.82, 2.24) is 9.66 Å². The van der Waals surface area contributed by atoms with E-state index in [0.29, 0.717) is 12.2 Å².